The predicted molar refractivity (Wildman–Crippen MR) is 89.6 cm³/mol. The molecule has 0 bridgehead atoms. The Balaban J connectivity index is 2.01. The fourth-order valence-electron chi connectivity index (χ4n) is 2.64. The predicted octanol–water partition coefficient (Wildman–Crippen LogP) is 0.797. The number of aromatic nitrogens is 5. The minimum absolute atomic E-state index is 0.109. The minimum atomic E-state index is -0.575. The van der Waals surface area contributed by atoms with Crippen molar-refractivity contribution in [2.24, 2.45) is 0 Å². The maximum atomic E-state index is 12.8. The average molecular weight is 336 g/mol. The number of hydrogen-bond acceptors (Lipinski definition) is 7. The number of hydrogen-bond donors (Lipinski definition) is 1. The molecule has 0 atom stereocenters. The first-order valence-corrected chi connectivity index (χ1v) is 7.31. The van der Waals surface area contributed by atoms with Gasteiger partial charge in [-0.1, -0.05) is 12.1 Å². The summed E-state index contributed by atoms with van der Waals surface area (Å²) in [5.74, 6) is -0.575. The van der Waals surface area contributed by atoms with E-state index in [0.717, 1.165) is 0 Å². The quantitative estimate of drug-likeness (QED) is 0.425. The molecule has 9 heteroatoms. The fourth-order valence-corrected chi connectivity index (χ4v) is 2.64. The third kappa shape index (κ3) is 2.13. The van der Waals surface area contributed by atoms with Crippen LogP contribution in [0.1, 0.15) is 10.4 Å². The Morgan fingerprint density at radius 1 is 1.20 bits per heavy atom. The molecule has 0 aliphatic carbocycles. The second kappa shape index (κ2) is 5.41. The smallest absolute Gasteiger partial charge is 0.343 e. The summed E-state index contributed by atoms with van der Waals surface area (Å²) < 4.78 is 7.46. The number of rotatable bonds is 2. The Morgan fingerprint density at radius 3 is 2.76 bits per heavy atom. The van der Waals surface area contributed by atoms with Gasteiger partial charge in [0.2, 0.25) is 0 Å². The normalized spacial score (nSPS) is 11.1. The minimum Gasteiger partial charge on any atom is -0.465 e. The number of carbonyl (C=O) groups is 1. The first kappa shape index (κ1) is 14.8. The maximum absolute atomic E-state index is 12.8. The number of nitrogen functional groups attached to an aromatic ring is 1. The zero-order chi connectivity index (χ0) is 17.6. The highest BCUT2D eigenvalue weighted by Crippen LogP contribution is 2.17. The van der Waals surface area contributed by atoms with Crippen LogP contribution in [0.3, 0.4) is 0 Å². The Bertz CT molecular complexity index is 1190. The summed E-state index contributed by atoms with van der Waals surface area (Å²) in [6, 6.07) is 8.67. The van der Waals surface area contributed by atoms with Gasteiger partial charge in [0.1, 0.15) is 11.1 Å². The lowest BCUT2D eigenvalue weighted by Gasteiger charge is -2.09. The number of methoxy groups -OCH3 is 1. The van der Waals surface area contributed by atoms with Gasteiger partial charge in [-0.05, 0) is 18.2 Å². The standard InChI is InChI=1S/C16H12N6O3/c1-25-16(24)9-8-18-22-12-6-7-21(11-5-3-2-4-10(11)17)15(23)13(12)19-20-14(9)22/h2-8H,17H2,1H3. The van der Waals surface area contributed by atoms with Gasteiger partial charge in [-0.25, -0.2) is 9.31 Å². The molecule has 2 N–H and O–H groups in total. The lowest BCUT2D eigenvalue weighted by atomic mass is 10.2. The van der Waals surface area contributed by atoms with Crippen LogP contribution < -0.4 is 11.3 Å². The molecule has 4 aromatic rings. The van der Waals surface area contributed by atoms with Crippen LogP contribution in [0.4, 0.5) is 5.69 Å². The van der Waals surface area contributed by atoms with Crippen molar-refractivity contribution < 1.29 is 9.53 Å². The van der Waals surface area contributed by atoms with E-state index >= 15 is 0 Å². The number of nitrogens with zero attached hydrogens (tertiary/aromatic N) is 5. The Hall–Kier alpha value is -3.75. The van der Waals surface area contributed by atoms with Gasteiger partial charge >= 0.3 is 5.97 Å². The highest BCUT2D eigenvalue weighted by atomic mass is 16.5. The second-order valence-electron chi connectivity index (χ2n) is 5.27. The number of nitrogens with two attached hydrogens (primary N) is 1. The molecule has 0 saturated carbocycles. The molecule has 0 saturated heterocycles. The third-order valence-electron chi connectivity index (χ3n) is 3.86. The Kier molecular flexibility index (Phi) is 3.21. The van der Waals surface area contributed by atoms with E-state index in [1.54, 1.807) is 36.5 Å². The number of pyridine rings is 1. The first-order chi connectivity index (χ1) is 12.1. The lowest BCUT2D eigenvalue weighted by Crippen LogP contribution is -2.21. The number of anilines is 1. The maximum Gasteiger partial charge on any atom is 0.343 e. The molecule has 3 heterocycles. The van der Waals surface area contributed by atoms with Crippen molar-refractivity contribution in [2.75, 3.05) is 12.8 Å². The van der Waals surface area contributed by atoms with Crippen molar-refractivity contribution in [1.29, 1.82) is 0 Å². The highest BCUT2D eigenvalue weighted by molar-refractivity contribution is 5.96. The molecule has 25 heavy (non-hydrogen) atoms. The number of carbonyl (C=O) groups excluding carboxylic acids is 1. The van der Waals surface area contributed by atoms with Gasteiger partial charge in [0, 0.05) is 6.20 Å². The summed E-state index contributed by atoms with van der Waals surface area (Å²) >= 11 is 0. The first-order valence-electron chi connectivity index (χ1n) is 7.31. The van der Waals surface area contributed by atoms with E-state index in [2.05, 4.69) is 20.0 Å². The Labute approximate surface area is 140 Å². The van der Waals surface area contributed by atoms with Crippen LogP contribution in [0.2, 0.25) is 0 Å². The zero-order valence-corrected chi connectivity index (χ0v) is 13.1. The van der Waals surface area contributed by atoms with Gasteiger partial charge in [0.15, 0.2) is 11.2 Å². The van der Waals surface area contributed by atoms with E-state index in [-0.39, 0.29) is 22.3 Å². The molecule has 124 valence electrons. The molecule has 0 radical (unpaired) electrons. The van der Waals surface area contributed by atoms with E-state index in [1.165, 1.54) is 22.4 Å². The van der Waals surface area contributed by atoms with Crippen LogP contribution in [-0.4, -0.2) is 37.5 Å². The van der Waals surface area contributed by atoms with E-state index < -0.39 is 5.97 Å². The molecule has 3 aromatic heterocycles. The molecule has 1 aromatic carbocycles. The van der Waals surface area contributed by atoms with Gasteiger partial charge in [0.05, 0.1) is 24.7 Å². The molecule has 0 amide bonds. The summed E-state index contributed by atoms with van der Waals surface area (Å²) in [4.78, 5) is 24.5. The van der Waals surface area contributed by atoms with Crippen molar-refractivity contribution in [3.63, 3.8) is 0 Å². The van der Waals surface area contributed by atoms with E-state index in [9.17, 15) is 9.59 Å². The molecule has 0 aliphatic rings. The zero-order valence-electron chi connectivity index (χ0n) is 13.1. The molecule has 4 rings (SSSR count). The van der Waals surface area contributed by atoms with Gasteiger partial charge < -0.3 is 10.5 Å². The number of benzene rings is 1. The molecule has 0 spiro atoms. The van der Waals surface area contributed by atoms with Gasteiger partial charge in [-0.2, -0.15) is 5.10 Å². The van der Waals surface area contributed by atoms with E-state index in [0.29, 0.717) is 16.9 Å². The van der Waals surface area contributed by atoms with Crippen LogP contribution in [-0.2, 0) is 4.74 Å². The van der Waals surface area contributed by atoms with Crippen LogP contribution in [0.25, 0.3) is 22.4 Å². The molecule has 0 fully saturated rings. The monoisotopic (exact) mass is 336 g/mol. The number of ether oxygens (including phenoxy) is 1. The summed E-state index contributed by atoms with van der Waals surface area (Å²) in [7, 11) is 1.27. The summed E-state index contributed by atoms with van der Waals surface area (Å²) in [6.45, 7) is 0. The summed E-state index contributed by atoms with van der Waals surface area (Å²) in [5.41, 5.74) is 7.49. The van der Waals surface area contributed by atoms with Gasteiger partial charge in [-0.3, -0.25) is 9.36 Å². The second-order valence-corrected chi connectivity index (χ2v) is 5.27. The van der Waals surface area contributed by atoms with Crippen molar-refractivity contribution >= 4 is 28.3 Å². The van der Waals surface area contributed by atoms with Crippen LogP contribution in [0.15, 0.2) is 47.5 Å². The Morgan fingerprint density at radius 2 is 2.00 bits per heavy atom. The molecular weight excluding hydrogens is 324 g/mol. The molecular formula is C16H12N6O3. The fraction of sp³-hybridized carbons (Fsp3) is 0.0625. The van der Waals surface area contributed by atoms with Crippen LogP contribution in [0.5, 0.6) is 0 Å². The van der Waals surface area contributed by atoms with Gasteiger partial charge in [-0.15, -0.1) is 10.2 Å². The van der Waals surface area contributed by atoms with Crippen molar-refractivity contribution in [1.82, 2.24) is 24.4 Å². The summed E-state index contributed by atoms with van der Waals surface area (Å²) in [6.07, 6.45) is 2.91. The average Bonchev–Trinajstić information content (AvgIpc) is 3.07. The highest BCUT2D eigenvalue weighted by Gasteiger charge is 2.18. The number of para-hydroxylation sites is 2. The van der Waals surface area contributed by atoms with Crippen molar-refractivity contribution in [3.8, 4) is 5.69 Å². The third-order valence-corrected chi connectivity index (χ3v) is 3.86. The number of esters is 1. The van der Waals surface area contributed by atoms with E-state index in [4.69, 9.17) is 5.73 Å². The van der Waals surface area contributed by atoms with Crippen molar-refractivity contribution in [2.45, 2.75) is 0 Å². The van der Waals surface area contributed by atoms with Crippen LogP contribution in [0, 0.1) is 0 Å². The SMILES string of the molecule is COC(=O)c1cnn2c1nnc1c(=O)n(-c3ccccc3N)ccc12. The van der Waals surface area contributed by atoms with Crippen molar-refractivity contribution in [3.05, 3.63) is 58.6 Å². The van der Waals surface area contributed by atoms with Gasteiger partial charge in [0.25, 0.3) is 5.56 Å². The largest absolute Gasteiger partial charge is 0.465 e. The summed E-state index contributed by atoms with van der Waals surface area (Å²) in [5, 5.41) is 12.1. The number of fused-ring (bicyclic) bond motifs is 3. The topological polar surface area (TPSA) is 117 Å². The molecule has 0 unspecified atom stereocenters. The lowest BCUT2D eigenvalue weighted by molar-refractivity contribution is 0.0602. The van der Waals surface area contributed by atoms with Crippen LogP contribution >= 0.6 is 0 Å². The molecule has 0 aliphatic heterocycles. The van der Waals surface area contributed by atoms with E-state index in [1.807, 2.05) is 0 Å². The molecule has 9 nitrogen and oxygen atoms in total.